The highest BCUT2D eigenvalue weighted by Crippen LogP contribution is 2.23. The fraction of sp³-hybridized carbons (Fsp3) is 0.474. The average molecular weight is 350 g/mol. The summed E-state index contributed by atoms with van der Waals surface area (Å²) in [4.78, 5) is 18.2. The summed E-state index contributed by atoms with van der Waals surface area (Å²) < 4.78 is 0. The van der Waals surface area contributed by atoms with Gasteiger partial charge in [-0.15, -0.1) is 6.42 Å². The predicted molar refractivity (Wildman–Crippen MR) is 97.6 cm³/mol. The third-order valence-corrected chi connectivity index (χ3v) is 4.33. The molecule has 2 unspecified atom stereocenters. The summed E-state index contributed by atoms with van der Waals surface area (Å²) in [7, 11) is 0. The lowest BCUT2D eigenvalue weighted by Crippen LogP contribution is -2.52. The van der Waals surface area contributed by atoms with Crippen LogP contribution in [0.2, 0.25) is 0 Å². The van der Waals surface area contributed by atoms with E-state index in [1.807, 2.05) is 13.8 Å². The number of pyridine rings is 1. The maximum atomic E-state index is 12.5. The first-order chi connectivity index (χ1) is 12.4. The number of nitrogens with one attached hydrogen (secondary N) is 2. The van der Waals surface area contributed by atoms with Gasteiger partial charge in [0.2, 0.25) is 5.91 Å². The topological polar surface area (TPSA) is 105 Å². The summed E-state index contributed by atoms with van der Waals surface area (Å²) in [5, 5.41) is 24.5. The quantitative estimate of drug-likeness (QED) is 0.748. The molecule has 1 aromatic heterocycles. The Labute approximate surface area is 154 Å². The summed E-state index contributed by atoms with van der Waals surface area (Å²) in [6.45, 7) is 4.50. The highest BCUT2D eigenvalue weighted by molar-refractivity contribution is 5.80. The highest BCUT2D eigenvalue weighted by Gasteiger charge is 2.36. The van der Waals surface area contributed by atoms with E-state index in [0.717, 1.165) is 0 Å². The number of anilines is 1. The normalized spacial score (nSPS) is 19.3. The Morgan fingerprint density at radius 2 is 2.15 bits per heavy atom. The molecule has 1 aliphatic heterocycles. The highest BCUT2D eigenvalue weighted by atomic mass is 16.2. The molecule has 1 fully saturated rings. The molecule has 1 saturated heterocycles. The Hall–Kier alpha value is -3.08. The maximum absolute atomic E-state index is 12.5. The number of nitrogens with zero attached hydrogens (tertiary/aromatic N) is 4. The number of carbonyl (C=O) groups is 1. The Balaban J connectivity index is 1.90. The number of hydrogen-bond donors (Lipinski definition) is 2. The lowest BCUT2D eigenvalue weighted by molar-refractivity contribution is -0.131. The van der Waals surface area contributed by atoms with Crippen LogP contribution in [0.15, 0.2) is 18.3 Å². The van der Waals surface area contributed by atoms with Gasteiger partial charge in [0.15, 0.2) is 0 Å². The number of aromatic nitrogens is 1. The molecule has 0 bridgehead atoms. The van der Waals surface area contributed by atoms with Gasteiger partial charge in [-0.1, -0.05) is 5.92 Å². The monoisotopic (exact) mass is 350 g/mol. The van der Waals surface area contributed by atoms with Gasteiger partial charge in [0.1, 0.15) is 11.9 Å². The van der Waals surface area contributed by atoms with Crippen LogP contribution in [0, 0.1) is 35.0 Å². The van der Waals surface area contributed by atoms with E-state index < -0.39 is 11.6 Å². The molecule has 1 aromatic rings. The fourth-order valence-corrected chi connectivity index (χ4v) is 2.83. The van der Waals surface area contributed by atoms with E-state index in [0.29, 0.717) is 30.8 Å². The van der Waals surface area contributed by atoms with E-state index in [9.17, 15) is 10.1 Å². The summed E-state index contributed by atoms with van der Waals surface area (Å²) in [6.07, 6.45) is 8.33. The zero-order valence-corrected chi connectivity index (χ0v) is 15.0. The minimum atomic E-state index is -0.454. The summed E-state index contributed by atoms with van der Waals surface area (Å²) in [6, 6.07) is 6.75. The third-order valence-electron chi connectivity index (χ3n) is 4.33. The van der Waals surface area contributed by atoms with Crippen molar-refractivity contribution in [2.75, 3.05) is 18.4 Å². The Bertz CT molecular complexity index is 760. The molecular weight excluding hydrogens is 328 g/mol. The molecule has 134 valence electrons. The van der Waals surface area contributed by atoms with Crippen molar-refractivity contribution in [1.29, 1.82) is 10.5 Å². The van der Waals surface area contributed by atoms with Gasteiger partial charge in [-0.25, -0.2) is 4.98 Å². The smallest absolute Gasteiger partial charge is 0.238 e. The lowest BCUT2D eigenvalue weighted by Gasteiger charge is -2.29. The standard InChI is InChI=1S/C19H22N6O/c1-4-15-5-6-16(11-21)25(15)18(26)12-24-19(2,3)13-23-17-9-14(10-20)7-8-22-17/h1,7-9,15-16,24H,5-6,12-13H2,2-3H3,(H,22,23). The van der Waals surface area contributed by atoms with Gasteiger partial charge in [-0.05, 0) is 38.8 Å². The van der Waals surface area contributed by atoms with Crippen molar-refractivity contribution >= 4 is 11.7 Å². The molecule has 1 aliphatic rings. The van der Waals surface area contributed by atoms with E-state index in [4.69, 9.17) is 11.7 Å². The SMILES string of the molecule is C#CC1CCC(C#N)N1C(=O)CNC(C)(C)CNc1cc(C#N)ccn1. The maximum Gasteiger partial charge on any atom is 0.238 e. The first-order valence-corrected chi connectivity index (χ1v) is 8.42. The lowest BCUT2D eigenvalue weighted by atomic mass is 10.1. The molecule has 1 amide bonds. The molecule has 2 heterocycles. The van der Waals surface area contributed by atoms with Crippen molar-refractivity contribution < 1.29 is 4.79 Å². The molecule has 26 heavy (non-hydrogen) atoms. The van der Waals surface area contributed by atoms with Gasteiger partial charge < -0.3 is 15.5 Å². The molecule has 0 radical (unpaired) electrons. The molecule has 0 aromatic carbocycles. The first kappa shape index (κ1) is 19.2. The molecule has 7 nitrogen and oxygen atoms in total. The second-order valence-corrected chi connectivity index (χ2v) is 6.84. The van der Waals surface area contributed by atoms with Crippen LogP contribution in [0.25, 0.3) is 0 Å². The number of likely N-dealkylation sites (tertiary alicyclic amines) is 1. The Kier molecular flexibility index (Phi) is 6.17. The molecule has 2 rings (SSSR count). The average Bonchev–Trinajstić information content (AvgIpc) is 3.08. The van der Waals surface area contributed by atoms with Crippen LogP contribution in [-0.4, -0.2) is 46.5 Å². The molecule has 0 saturated carbocycles. The van der Waals surface area contributed by atoms with Gasteiger partial charge in [0, 0.05) is 18.3 Å². The summed E-state index contributed by atoms with van der Waals surface area (Å²) in [5.41, 5.74) is 0.119. The van der Waals surface area contributed by atoms with E-state index in [1.165, 1.54) is 4.90 Å². The molecule has 0 spiro atoms. The predicted octanol–water partition coefficient (Wildman–Crippen LogP) is 1.25. The van der Waals surface area contributed by atoms with Crippen molar-refractivity contribution in [3.63, 3.8) is 0 Å². The molecule has 2 atom stereocenters. The van der Waals surface area contributed by atoms with Crippen molar-refractivity contribution in [1.82, 2.24) is 15.2 Å². The van der Waals surface area contributed by atoms with Crippen molar-refractivity contribution in [3.05, 3.63) is 23.9 Å². The van der Waals surface area contributed by atoms with E-state index >= 15 is 0 Å². The second kappa shape index (κ2) is 8.34. The number of rotatable bonds is 6. The van der Waals surface area contributed by atoms with E-state index in [2.05, 4.69) is 33.7 Å². The Morgan fingerprint density at radius 3 is 2.81 bits per heavy atom. The van der Waals surface area contributed by atoms with Gasteiger partial charge in [0.25, 0.3) is 0 Å². The second-order valence-electron chi connectivity index (χ2n) is 6.84. The Morgan fingerprint density at radius 1 is 1.42 bits per heavy atom. The summed E-state index contributed by atoms with van der Waals surface area (Å²) in [5.74, 6) is 3.02. The van der Waals surface area contributed by atoms with E-state index in [-0.39, 0.29) is 18.5 Å². The first-order valence-electron chi connectivity index (χ1n) is 8.42. The van der Waals surface area contributed by atoms with Crippen LogP contribution >= 0.6 is 0 Å². The number of amides is 1. The zero-order valence-electron chi connectivity index (χ0n) is 15.0. The minimum absolute atomic E-state index is 0.0940. The van der Waals surface area contributed by atoms with Crippen LogP contribution in [0.3, 0.4) is 0 Å². The largest absolute Gasteiger partial charge is 0.368 e. The van der Waals surface area contributed by atoms with Gasteiger partial charge in [-0.2, -0.15) is 10.5 Å². The van der Waals surface area contributed by atoms with Gasteiger partial charge >= 0.3 is 0 Å². The number of terminal acetylenes is 1. The fourth-order valence-electron chi connectivity index (χ4n) is 2.83. The van der Waals surface area contributed by atoms with Gasteiger partial charge in [-0.3, -0.25) is 4.79 Å². The van der Waals surface area contributed by atoms with Crippen molar-refractivity contribution in [2.45, 2.75) is 44.3 Å². The van der Waals surface area contributed by atoms with Crippen LogP contribution in [0.4, 0.5) is 5.82 Å². The van der Waals surface area contributed by atoms with Crippen molar-refractivity contribution in [2.24, 2.45) is 0 Å². The van der Waals surface area contributed by atoms with E-state index in [1.54, 1.807) is 18.3 Å². The van der Waals surface area contributed by atoms with Gasteiger partial charge in [0.05, 0.1) is 30.3 Å². The summed E-state index contributed by atoms with van der Waals surface area (Å²) >= 11 is 0. The molecule has 2 N–H and O–H groups in total. The van der Waals surface area contributed by atoms with Crippen LogP contribution in [0.5, 0.6) is 0 Å². The zero-order chi connectivity index (χ0) is 19.2. The molecule has 0 aliphatic carbocycles. The number of carbonyl (C=O) groups excluding carboxylic acids is 1. The van der Waals surface area contributed by atoms with Crippen molar-refractivity contribution in [3.8, 4) is 24.5 Å². The number of nitriles is 2. The van der Waals surface area contributed by atoms with Crippen LogP contribution in [-0.2, 0) is 4.79 Å². The van der Waals surface area contributed by atoms with Crippen LogP contribution < -0.4 is 10.6 Å². The number of hydrogen-bond acceptors (Lipinski definition) is 6. The third kappa shape index (κ3) is 4.72. The van der Waals surface area contributed by atoms with Crippen LogP contribution in [0.1, 0.15) is 32.3 Å². The molecular formula is C19H22N6O. The minimum Gasteiger partial charge on any atom is -0.368 e. The molecule has 7 heteroatoms.